The summed E-state index contributed by atoms with van der Waals surface area (Å²) >= 11 is 1.27. The molecule has 2 amide bonds. The number of para-hydroxylation sites is 3. The third kappa shape index (κ3) is 6.46. The van der Waals surface area contributed by atoms with Crippen molar-refractivity contribution in [2.75, 3.05) is 37.4 Å². The lowest BCUT2D eigenvalue weighted by molar-refractivity contribution is -0.116. The van der Waals surface area contributed by atoms with Gasteiger partial charge in [0.15, 0.2) is 11.0 Å². The number of ether oxygens (including phenoxy) is 1. The van der Waals surface area contributed by atoms with Gasteiger partial charge in [0.1, 0.15) is 5.75 Å². The summed E-state index contributed by atoms with van der Waals surface area (Å²) in [5, 5.41) is 12.1. The van der Waals surface area contributed by atoms with Crippen LogP contribution in [0.15, 0.2) is 82.8 Å². The predicted molar refractivity (Wildman–Crippen MR) is 171 cm³/mol. The summed E-state index contributed by atoms with van der Waals surface area (Å²) in [5.74, 6) is 0.764. The number of methoxy groups -OCH3 is 1. The van der Waals surface area contributed by atoms with Gasteiger partial charge >= 0.3 is 0 Å². The van der Waals surface area contributed by atoms with Gasteiger partial charge in [0, 0.05) is 30.9 Å². The van der Waals surface area contributed by atoms with Crippen molar-refractivity contribution in [1.82, 2.24) is 24.4 Å². The van der Waals surface area contributed by atoms with Gasteiger partial charge in [-0.25, -0.2) is 8.42 Å². The molecule has 45 heavy (non-hydrogen) atoms. The van der Waals surface area contributed by atoms with Crippen molar-refractivity contribution in [3.63, 3.8) is 0 Å². The van der Waals surface area contributed by atoms with E-state index in [0.717, 1.165) is 36.9 Å². The van der Waals surface area contributed by atoms with Crippen molar-refractivity contribution in [3.8, 4) is 11.4 Å². The maximum absolute atomic E-state index is 13.2. The molecular weight excluding hydrogens is 613 g/mol. The second-order valence-corrected chi connectivity index (χ2v) is 13.7. The number of carbonyl (C=O) groups is 2. The Morgan fingerprint density at radius 2 is 1.60 bits per heavy atom. The minimum atomic E-state index is -3.59. The number of fused-ring (bicyclic) bond motifs is 1. The zero-order valence-corrected chi connectivity index (χ0v) is 26.5. The number of sulfonamides is 1. The monoisotopic (exact) mass is 646 g/mol. The van der Waals surface area contributed by atoms with E-state index in [0.29, 0.717) is 47.6 Å². The molecule has 0 atom stereocenters. The number of thioether (sulfide) groups is 1. The Kier molecular flexibility index (Phi) is 9.19. The fourth-order valence-electron chi connectivity index (χ4n) is 5.66. The van der Waals surface area contributed by atoms with Crippen LogP contribution in [0.5, 0.6) is 5.75 Å². The Morgan fingerprint density at radius 3 is 2.36 bits per heavy atom. The molecule has 11 nitrogen and oxygen atoms in total. The van der Waals surface area contributed by atoms with Crippen molar-refractivity contribution in [2.24, 2.45) is 0 Å². The topological polar surface area (TPSA) is 127 Å². The summed E-state index contributed by atoms with van der Waals surface area (Å²) in [4.78, 5) is 28.3. The van der Waals surface area contributed by atoms with Gasteiger partial charge in [-0.1, -0.05) is 48.5 Å². The maximum atomic E-state index is 13.2. The van der Waals surface area contributed by atoms with Gasteiger partial charge < -0.3 is 15.0 Å². The van der Waals surface area contributed by atoms with E-state index in [1.807, 2.05) is 48.5 Å². The van der Waals surface area contributed by atoms with Crippen LogP contribution < -0.4 is 15.0 Å². The summed E-state index contributed by atoms with van der Waals surface area (Å²) in [6, 6.07) is 21.3. The number of piperidine rings is 1. The quantitative estimate of drug-likeness (QED) is 0.256. The Bertz CT molecular complexity index is 1800. The molecule has 0 saturated carbocycles. The smallest absolute Gasteiger partial charge is 0.251 e. The molecule has 4 aromatic rings. The molecule has 2 aliphatic rings. The summed E-state index contributed by atoms with van der Waals surface area (Å²) in [6.45, 7) is 1.70. The molecule has 13 heteroatoms. The minimum absolute atomic E-state index is 0.0277. The van der Waals surface area contributed by atoms with Crippen LogP contribution in [0.25, 0.3) is 5.69 Å². The molecule has 0 aliphatic carbocycles. The van der Waals surface area contributed by atoms with Crippen molar-refractivity contribution < 1.29 is 22.7 Å². The third-order valence-corrected chi connectivity index (χ3v) is 10.8. The number of aromatic nitrogens is 3. The third-order valence-electron chi connectivity index (χ3n) is 8.02. The molecule has 1 saturated heterocycles. The number of nitrogens with zero attached hydrogens (tertiary/aromatic N) is 5. The van der Waals surface area contributed by atoms with Crippen molar-refractivity contribution in [1.29, 1.82) is 0 Å². The molecule has 3 heterocycles. The lowest BCUT2D eigenvalue weighted by Gasteiger charge is -2.25. The Labute approximate surface area is 266 Å². The van der Waals surface area contributed by atoms with Crippen LogP contribution in [0, 0.1) is 0 Å². The molecule has 0 spiro atoms. The van der Waals surface area contributed by atoms with Gasteiger partial charge in [-0.3, -0.25) is 14.2 Å². The average Bonchev–Trinajstić information content (AvgIpc) is 3.71. The first-order chi connectivity index (χ1) is 21.9. The van der Waals surface area contributed by atoms with E-state index in [1.165, 1.54) is 40.3 Å². The van der Waals surface area contributed by atoms with Crippen LogP contribution in [-0.2, 0) is 27.8 Å². The highest BCUT2D eigenvalue weighted by Gasteiger charge is 2.27. The number of rotatable bonds is 10. The zero-order valence-electron chi connectivity index (χ0n) is 24.9. The van der Waals surface area contributed by atoms with Crippen LogP contribution in [0.3, 0.4) is 0 Å². The number of anilines is 1. The summed E-state index contributed by atoms with van der Waals surface area (Å²) < 4.78 is 34.9. The molecule has 6 rings (SSSR count). The molecule has 2 aliphatic heterocycles. The van der Waals surface area contributed by atoms with Gasteiger partial charge in [0.2, 0.25) is 15.9 Å². The van der Waals surface area contributed by atoms with Gasteiger partial charge in [-0.15, -0.1) is 10.2 Å². The highest BCUT2D eigenvalue weighted by molar-refractivity contribution is 7.99. The van der Waals surface area contributed by atoms with Gasteiger partial charge in [-0.2, -0.15) is 4.31 Å². The first-order valence-electron chi connectivity index (χ1n) is 14.8. The van der Waals surface area contributed by atoms with Gasteiger partial charge in [0.25, 0.3) is 5.91 Å². The van der Waals surface area contributed by atoms with E-state index in [-0.39, 0.29) is 29.0 Å². The van der Waals surface area contributed by atoms with E-state index >= 15 is 0 Å². The van der Waals surface area contributed by atoms with Crippen LogP contribution in [-0.4, -0.2) is 71.8 Å². The van der Waals surface area contributed by atoms with Gasteiger partial charge in [0.05, 0.1) is 30.0 Å². The maximum Gasteiger partial charge on any atom is 0.251 e. The van der Waals surface area contributed by atoms with E-state index < -0.39 is 10.0 Å². The van der Waals surface area contributed by atoms with E-state index in [4.69, 9.17) is 4.74 Å². The molecule has 3 aromatic carbocycles. The normalized spacial score (nSPS) is 15.1. The Balaban J connectivity index is 1.18. The zero-order chi connectivity index (χ0) is 31.4. The van der Waals surface area contributed by atoms with Crippen LogP contribution in [0.4, 0.5) is 5.69 Å². The van der Waals surface area contributed by atoms with E-state index in [1.54, 1.807) is 16.6 Å². The summed E-state index contributed by atoms with van der Waals surface area (Å²) in [7, 11) is -2.02. The van der Waals surface area contributed by atoms with E-state index in [2.05, 4.69) is 15.5 Å². The second-order valence-electron chi connectivity index (χ2n) is 10.8. The number of nitrogens with one attached hydrogen (secondary N) is 1. The average molecular weight is 647 g/mol. The van der Waals surface area contributed by atoms with E-state index in [9.17, 15) is 18.0 Å². The standard InChI is InChI=1S/C32H34N6O5S2/c1-43-28-12-6-5-11-27(28)38-29(34-35-32(38)44-22-30(39)37-20-17-23-9-3-4-10-26(23)37)21-33-31(40)24-13-15-25(16-14-24)45(41,42)36-18-7-2-8-19-36/h3-6,9-16H,2,7-8,17-22H2,1H3,(H,33,40). The molecule has 0 unspecified atom stereocenters. The predicted octanol–water partition coefficient (Wildman–Crippen LogP) is 4.06. The highest BCUT2D eigenvalue weighted by atomic mass is 32.2. The number of benzene rings is 3. The first-order valence-corrected chi connectivity index (χ1v) is 17.3. The first kappa shape index (κ1) is 30.8. The van der Waals surface area contributed by atoms with Crippen molar-refractivity contribution in [2.45, 2.75) is 42.3 Å². The van der Waals surface area contributed by atoms with Gasteiger partial charge in [-0.05, 0) is 67.3 Å². The summed E-state index contributed by atoms with van der Waals surface area (Å²) in [6.07, 6.45) is 3.55. The van der Waals surface area contributed by atoms with Crippen LogP contribution in [0.2, 0.25) is 0 Å². The molecule has 1 aromatic heterocycles. The molecule has 0 radical (unpaired) electrons. The highest BCUT2D eigenvalue weighted by Crippen LogP contribution is 2.31. The Morgan fingerprint density at radius 1 is 0.889 bits per heavy atom. The lowest BCUT2D eigenvalue weighted by Crippen LogP contribution is -2.35. The number of carbonyl (C=O) groups excluding carboxylic acids is 2. The lowest BCUT2D eigenvalue weighted by atomic mass is 10.2. The molecular formula is C32H34N6O5S2. The fraction of sp³-hybridized carbons (Fsp3) is 0.312. The number of hydrogen-bond acceptors (Lipinski definition) is 8. The number of amides is 2. The molecule has 0 bridgehead atoms. The minimum Gasteiger partial charge on any atom is -0.495 e. The Hall–Kier alpha value is -4.20. The summed E-state index contributed by atoms with van der Waals surface area (Å²) in [5.41, 5.74) is 3.09. The molecule has 1 N–H and O–H groups in total. The van der Waals surface area contributed by atoms with Crippen molar-refractivity contribution in [3.05, 3.63) is 89.7 Å². The second kappa shape index (κ2) is 13.4. The SMILES string of the molecule is COc1ccccc1-n1c(CNC(=O)c2ccc(S(=O)(=O)N3CCCCC3)cc2)nnc1SCC(=O)N1CCc2ccccc21. The van der Waals surface area contributed by atoms with Crippen LogP contribution >= 0.6 is 11.8 Å². The molecule has 1 fully saturated rings. The number of hydrogen-bond donors (Lipinski definition) is 1. The van der Waals surface area contributed by atoms with Crippen LogP contribution in [0.1, 0.15) is 41.0 Å². The molecule has 234 valence electrons. The fourth-order valence-corrected chi connectivity index (χ4v) is 8.02. The largest absolute Gasteiger partial charge is 0.495 e. The van der Waals surface area contributed by atoms with Crippen molar-refractivity contribution >= 4 is 39.3 Å².